The molecule has 2 aliphatic heterocycles. The van der Waals surface area contributed by atoms with Gasteiger partial charge in [-0.25, -0.2) is 8.42 Å². The quantitative estimate of drug-likeness (QED) is 0.751. The van der Waals surface area contributed by atoms with Gasteiger partial charge in [0.25, 0.3) is 0 Å². The number of benzene rings is 1. The highest BCUT2D eigenvalue weighted by atomic mass is 79.9. The number of carbonyl (C=O) groups is 1. The van der Waals surface area contributed by atoms with E-state index in [0.29, 0.717) is 39.4 Å². The van der Waals surface area contributed by atoms with Crippen molar-refractivity contribution in [3.05, 3.63) is 28.7 Å². The average Bonchev–Trinajstić information content (AvgIpc) is 2.62. The minimum absolute atomic E-state index is 0.0216. The summed E-state index contributed by atoms with van der Waals surface area (Å²) < 4.78 is 32.9. The van der Waals surface area contributed by atoms with E-state index in [4.69, 9.17) is 4.74 Å². The van der Waals surface area contributed by atoms with Crippen molar-refractivity contribution in [2.24, 2.45) is 5.92 Å². The van der Waals surface area contributed by atoms with Gasteiger partial charge in [-0.2, -0.15) is 4.31 Å². The number of rotatable bonds is 3. The summed E-state index contributed by atoms with van der Waals surface area (Å²) in [4.78, 5) is 14.6. The molecule has 2 fully saturated rings. The summed E-state index contributed by atoms with van der Waals surface area (Å²) in [5, 5.41) is 0. The van der Waals surface area contributed by atoms with Gasteiger partial charge in [-0.1, -0.05) is 15.9 Å². The Kier molecular flexibility index (Phi) is 5.59. The number of halogens is 1. The molecule has 1 aromatic carbocycles. The van der Waals surface area contributed by atoms with Crippen molar-refractivity contribution in [3.8, 4) is 0 Å². The van der Waals surface area contributed by atoms with E-state index in [0.717, 1.165) is 17.3 Å². The van der Waals surface area contributed by atoms with Crippen LogP contribution in [-0.4, -0.2) is 62.9 Å². The highest BCUT2D eigenvalue weighted by molar-refractivity contribution is 9.10. The molecule has 0 radical (unpaired) electrons. The first-order valence-electron chi connectivity index (χ1n) is 8.11. The lowest BCUT2D eigenvalue weighted by molar-refractivity contribution is -0.139. The van der Waals surface area contributed by atoms with E-state index in [-0.39, 0.29) is 16.7 Å². The topological polar surface area (TPSA) is 66.9 Å². The summed E-state index contributed by atoms with van der Waals surface area (Å²) in [5.74, 6) is 0.160. The van der Waals surface area contributed by atoms with Crippen LogP contribution in [0.15, 0.2) is 33.6 Å². The molecule has 1 amide bonds. The molecule has 3 rings (SSSR count). The third kappa shape index (κ3) is 3.82. The van der Waals surface area contributed by atoms with Crippen LogP contribution in [0.5, 0.6) is 0 Å². The molecule has 2 heterocycles. The monoisotopic (exact) mass is 416 g/mol. The molecule has 2 saturated heterocycles. The van der Waals surface area contributed by atoms with E-state index >= 15 is 0 Å². The van der Waals surface area contributed by atoms with Crippen LogP contribution in [-0.2, 0) is 19.6 Å². The average molecular weight is 417 g/mol. The van der Waals surface area contributed by atoms with Crippen LogP contribution in [0.4, 0.5) is 0 Å². The third-order valence-electron chi connectivity index (χ3n) is 4.57. The van der Waals surface area contributed by atoms with E-state index < -0.39 is 10.0 Å². The molecule has 0 unspecified atom stereocenters. The Hall–Kier alpha value is -0.960. The maximum atomic E-state index is 12.7. The second-order valence-corrected chi connectivity index (χ2v) is 8.92. The van der Waals surface area contributed by atoms with Gasteiger partial charge in [0.1, 0.15) is 0 Å². The molecular formula is C16H21BrN2O4S. The van der Waals surface area contributed by atoms with E-state index in [1.165, 1.54) is 4.31 Å². The standard InChI is InChI=1S/C16H21BrN2O4S/c17-14-1-3-15(4-2-14)24(21,22)19-9-7-18(8-10-19)16(20)13-5-11-23-12-6-13/h1-4,13H,5-12H2. The lowest BCUT2D eigenvalue weighted by Crippen LogP contribution is -2.52. The van der Waals surface area contributed by atoms with Gasteiger partial charge in [0, 0.05) is 49.8 Å². The van der Waals surface area contributed by atoms with Gasteiger partial charge in [0.15, 0.2) is 0 Å². The molecule has 6 nitrogen and oxygen atoms in total. The van der Waals surface area contributed by atoms with Crippen molar-refractivity contribution in [1.82, 2.24) is 9.21 Å². The largest absolute Gasteiger partial charge is 0.381 e. The summed E-state index contributed by atoms with van der Waals surface area (Å²) in [6.45, 7) is 2.85. The van der Waals surface area contributed by atoms with Gasteiger partial charge in [-0.15, -0.1) is 0 Å². The predicted octanol–water partition coefficient (Wildman–Crippen LogP) is 1.71. The first-order valence-corrected chi connectivity index (χ1v) is 10.3. The van der Waals surface area contributed by atoms with Crippen LogP contribution in [0.25, 0.3) is 0 Å². The number of sulfonamides is 1. The number of piperazine rings is 1. The predicted molar refractivity (Wildman–Crippen MR) is 93.0 cm³/mol. The Morgan fingerprint density at radius 3 is 2.21 bits per heavy atom. The Morgan fingerprint density at radius 1 is 1.04 bits per heavy atom. The Morgan fingerprint density at radius 2 is 1.62 bits per heavy atom. The van der Waals surface area contributed by atoms with E-state index in [9.17, 15) is 13.2 Å². The molecular weight excluding hydrogens is 396 g/mol. The Labute approximate surface area is 150 Å². The molecule has 0 aromatic heterocycles. The van der Waals surface area contributed by atoms with Crippen molar-refractivity contribution >= 4 is 31.9 Å². The zero-order chi connectivity index (χ0) is 17.2. The first-order chi connectivity index (χ1) is 11.5. The Bertz CT molecular complexity index is 679. The van der Waals surface area contributed by atoms with Crippen LogP contribution >= 0.6 is 15.9 Å². The zero-order valence-corrected chi connectivity index (χ0v) is 15.8. The van der Waals surface area contributed by atoms with Crippen molar-refractivity contribution < 1.29 is 17.9 Å². The molecule has 1 aromatic rings. The first kappa shape index (κ1) is 17.8. The second-order valence-electron chi connectivity index (χ2n) is 6.07. The summed E-state index contributed by atoms with van der Waals surface area (Å²) in [5.41, 5.74) is 0. The number of amides is 1. The summed E-state index contributed by atoms with van der Waals surface area (Å²) in [7, 11) is -3.50. The molecule has 132 valence electrons. The van der Waals surface area contributed by atoms with Crippen LogP contribution < -0.4 is 0 Å². The fourth-order valence-electron chi connectivity index (χ4n) is 3.11. The van der Waals surface area contributed by atoms with Crippen LogP contribution in [0.3, 0.4) is 0 Å². The molecule has 0 bridgehead atoms. The number of hydrogen-bond acceptors (Lipinski definition) is 4. The minimum atomic E-state index is -3.50. The SMILES string of the molecule is O=C(C1CCOCC1)N1CCN(S(=O)(=O)c2ccc(Br)cc2)CC1. The molecule has 0 aliphatic carbocycles. The van der Waals surface area contributed by atoms with Gasteiger partial charge in [0.2, 0.25) is 15.9 Å². The van der Waals surface area contributed by atoms with Crippen LogP contribution in [0, 0.1) is 5.92 Å². The van der Waals surface area contributed by atoms with E-state index in [1.54, 1.807) is 29.2 Å². The van der Waals surface area contributed by atoms with E-state index in [2.05, 4.69) is 15.9 Å². The third-order valence-corrected chi connectivity index (χ3v) is 7.01. The molecule has 0 saturated carbocycles. The van der Waals surface area contributed by atoms with Crippen LogP contribution in [0.2, 0.25) is 0 Å². The van der Waals surface area contributed by atoms with E-state index in [1.807, 2.05) is 0 Å². The van der Waals surface area contributed by atoms with Gasteiger partial charge >= 0.3 is 0 Å². The normalized spacial score (nSPS) is 21.0. The number of nitrogens with zero attached hydrogens (tertiary/aromatic N) is 2. The Balaban J connectivity index is 1.62. The van der Waals surface area contributed by atoms with Crippen molar-refractivity contribution in [3.63, 3.8) is 0 Å². The minimum Gasteiger partial charge on any atom is -0.381 e. The highest BCUT2D eigenvalue weighted by Crippen LogP contribution is 2.22. The maximum absolute atomic E-state index is 12.7. The van der Waals surface area contributed by atoms with Gasteiger partial charge < -0.3 is 9.64 Å². The highest BCUT2D eigenvalue weighted by Gasteiger charge is 2.32. The lowest BCUT2D eigenvalue weighted by Gasteiger charge is -2.36. The van der Waals surface area contributed by atoms with Crippen LogP contribution in [0.1, 0.15) is 12.8 Å². The van der Waals surface area contributed by atoms with Crippen molar-refractivity contribution in [2.45, 2.75) is 17.7 Å². The smallest absolute Gasteiger partial charge is 0.243 e. The molecule has 0 N–H and O–H groups in total. The molecule has 24 heavy (non-hydrogen) atoms. The van der Waals surface area contributed by atoms with Crippen molar-refractivity contribution in [2.75, 3.05) is 39.4 Å². The van der Waals surface area contributed by atoms with Crippen molar-refractivity contribution in [1.29, 1.82) is 0 Å². The number of hydrogen-bond donors (Lipinski definition) is 0. The lowest BCUT2D eigenvalue weighted by atomic mass is 9.98. The molecule has 0 atom stereocenters. The van der Waals surface area contributed by atoms with Gasteiger partial charge in [0.05, 0.1) is 4.90 Å². The molecule has 2 aliphatic rings. The molecule has 0 spiro atoms. The molecule has 8 heteroatoms. The number of carbonyl (C=O) groups excluding carboxylic acids is 1. The summed E-state index contributed by atoms with van der Waals surface area (Å²) >= 11 is 3.31. The number of ether oxygens (including phenoxy) is 1. The summed E-state index contributed by atoms with van der Waals surface area (Å²) in [6.07, 6.45) is 1.52. The zero-order valence-electron chi connectivity index (χ0n) is 13.4. The second kappa shape index (κ2) is 7.51. The summed E-state index contributed by atoms with van der Waals surface area (Å²) in [6, 6.07) is 6.63. The van der Waals surface area contributed by atoms with Gasteiger partial charge in [-0.3, -0.25) is 4.79 Å². The fraction of sp³-hybridized carbons (Fsp3) is 0.562. The van der Waals surface area contributed by atoms with Gasteiger partial charge in [-0.05, 0) is 37.1 Å². The fourth-order valence-corrected chi connectivity index (χ4v) is 4.79. The maximum Gasteiger partial charge on any atom is 0.243 e.